The lowest BCUT2D eigenvalue weighted by Gasteiger charge is -2.03. The molecular weight excluding hydrogens is 226 g/mol. The Hall–Kier alpha value is -2.36. The van der Waals surface area contributed by atoms with Crippen LogP contribution in [0.3, 0.4) is 0 Å². The molecule has 0 aliphatic heterocycles. The maximum absolute atomic E-state index is 5.23. The molecule has 2 aromatic heterocycles. The lowest BCUT2D eigenvalue weighted by Crippen LogP contribution is -1.95. The lowest BCUT2D eigenvalue weighted by atomic mass is 10.1. The highest BCUT2D eigenvalue weighted by molar-refractivity contribution is 5.57. The molecule has 3 aromatic rings. The molecule has 0 bridgehead atoms. The number of nitrogens with zero attached hydrogens (tertiary/aromatic N) is 3. The van der Waals surface area contributed by atoms with Crippen molar-refractivity contribution in [3.63, 3.8) is 0 Å². The molecule has 0 N–H and O–H groups in total. The van der Waals surface area contributed by atoms with Crippen molar-refractivity contribution in [1.29, 1.82) is 0 Å². The van der Waals surface area contributed by atoms with Gasteiger partial charge in [-0.05, 0) is 12.5 Å². The molecule has 4 nitrogen and oxygen atoms in total. The number of imidazole rings is 1. The van der Waals surface area contributed by atoms with Gasteiger partial charge in [-0.2, -0.15) is 0 Å². The fourth-order valence-corrected chi connectivity index (χ4v) is 1.87. The summed E-state index contributed by atoms with van der Waals surface area (Å²) in [5.41, 5.74) is 3.17. The zero-order valence-electron chi connectivity index (χ0n) is 10.1. The highest BCUT2D eigenvalue weighted by Gasteiger charge is 2.04. The van der Waals surface area contributed by atoms with Gasteiger partial charge in [0.1, 0.15) is 0 Å². The van der Waals surface area contributed by atoms with Gasteiger partial charge in [-0.25, -0.2) is 4.98 Å². The molecule has 18 heavy (non-hydrogen) atoms. The van der Waals surface area contributed by atoms with E-state index in [0.29, 0.717) is 0 Å². The van der Waals surface area contributed by atoms with Crippen LogP contribution in [0.4, 0.5) is 0 Å². The zero-order chi connectivity index (χ0) is 12.4. The van der Waals surface area contributed by atoms with Crippen molar-refractivity contribution >= 4 is 0 Å². The van der Waals surface area contributed by atoms with Crippen LogP contribution in [0.5, 0.6) is 0 Å². The van der Waals surface area contributed by atoms with E-state index < -0.39 is 0 Å². The van der Waals surface area contributed by atoms with Gasteiger partial charge < -0.3 is 9.09 Å². The molecule has 0 amide bonds. The summed E-state index contributed by atoms with van der Waals surface area (Å²) < 4.78 is 7.27. The Bertz CT molecular complexity index is 623. The Balaban J connectivity index is 1.81. The second-order valence-electron chi connectivity index (χ2n) is 4.26. The predicted octanol–water partition coefficient (Wildman–Crippen LogP) is 2.89. The van der Waals surface area contributed by atoms with E-state index in [2.05, 4.69) is 22.3 Å². The highest BCUT2D eigenvalue weighted by atomic mass is 16.5. The topological polar surface area (TPSA) is 43.9 Å². The predicted molar refractivity (Wildman–Crippen MR) is 68.0 cm³/mol. The highest BCUT2D eigenvalue weighted by Crippen LogP contribution is 2.20. The second kappa shape index (κ2) is 4.49. The van der Waals surface area contributed by atoms with E-state index in [9.17, 15) is 0 Å². The molecule has 0 radical (unpaired) electrons. The molecule has 0 saturated heterocycles. The Morgan fingerprint density at radius 1 is 1.22 bits per heavy atom. The van der Waals surface area contributed by atoms with Gasteiger partial charge in [0.05, 0.1) is 12.0 Å². The van der Waals surface area contributed by atoms with E-state index in [1.165, 1.54) is 5.56 Å². The third-order valence-corrected chi connectivity index (χ3v) is 2.79. The van der Waals surface area contributed by atoms with Crippen molar-refractivity contribution in [2.75, 3.05) is 0 Å². The van der Waals surface area contributed by atoms with E-state index in [1.54, 1.807) is 6.20 Å². The van der Waals surface area contributed by atoms with Crippen LogP contribution in [-0.2, 0) is 6.54 Å². The van der Waals surface area contributed by atoms with Gasteiger partial charge in [-0.1, -0.05) is 29.4 Å². The quantitative estimate of drug-likeness (QED) is 0.705. The van der Waals surface area contributed by atoms with Gasteiger partial charge in [-0.15, -0.1) is 0 Å². The Kier molecular flexibility index (Phi) is 2.68. The second-order valence-corrected chi connectivity index (χ2v) is 4.26. The third kappa shape index (κ3) is 2.18. The maximum atomic E-state index is 5.23. The van der Waals surface area contributed by atoms with E-state index in [4.69, 9.17) is 4.52 Å². The summed E-state index contributed by atoms with van der Waals surface area (Å²) in [7, 11) is 0. The van der Waals surface area contributed by atoms with Crippen LogP contribution in [0.25, 0.3) is 11.3 Å². The standard InChI is InChI=1S/C14H13N3O/c1-11-8-14(18-16-11)13-4-2-12(3-5-13)9-17-7-6-15-10-17/h2-8,10H,9H2,1H3. The monoisotopic (exact) mass is 239 g/mol. The van der Waals surface area contributed by atoms with Crippen LogP contribution in [0.15, 0.2) is 53.6 Å². The summed E-state index contributed by atoms with van der Waals surface area (Å²) >= 11 is 0. The van der Waals surface area contributed by atoms with Crippen molar-refractivity contribution in [2.24, 2.45) is 0 Å². The van der Waals surface area contributed by atoms with E-state index in [-0.39, 0.29) is 0 Å². The molecule has 0 fully saturated rings. The van der Waals surface area contributed by atoms with Gasteiger partial charge in [0.15, 0.2) is 5.76 Å². The minimum Gasteiger partial charge on any atom is -0.356 e. The molecule has 0 aliphatic carbocycles. The van der Waals surface area contributed by atoms with Gasteiger partial charge in [0, 0.05) is 30.6 Å². The van der Waals surface area contributed by atoms with Crippen LogP contribution >= 0.6 is 0 Å². The van der Waals surface area contributed by atoms with Gasteiger partial charge in [0.25, 0.3) is 0 Å². The Labute approximate surface area is 105 Å². The summed E-state index contributed by atoms with van der Waals surface area (Å²) in [5, 5.41) is 3.89. The van der Waals surface area contributed by atoms with Gasteiger partial charge >= 0.3 is 0 Å². The van der Waals surface area contributed by atoms with Crippen LogP contribution in [0.2, 0.25) is 0 Å². The number of aryl methyl sites for hydroxylation is 1. The summed E-state index contributed by atoms with van der Waals surface area (Å²) in [6, 6.07) is 10.2. The molecule has 3 rings (SSSR count). The summed E-state index contributed by atoms with van der Waals surface area (Å²) in [5.74, 6) is 0.807. The third-order valence-electron chi connectivity index (χ3n) is 2.79. The molecule has 0 aliphatic rings. The van der Waals surface area contributed by atoms with Crippen molar-refractivity contribution in [3.05, 3.63) is 60.3 Å². The lowest BCUT2D eigenvalue weighted by molar-refractivity contribution is 0.427. The first-order valence-corrected chi connectivity index (χ1v) is 5.79. The van der Waals surface area contributed by atoms with E-state index in [0.717, 1.165) is 23.6 Å². The smallest absolute Gasteiger partial charge is 0.167 e. The van der Waals surface area contributed by atoms with Crippen molar-refractivity contribution in [1.82, 2.24) is 14.7 Å². The van der Waals surface area contributed by atoms with Crippen LogP contribution in [-0.4, -0.2) is 14.7 Å². The van der Waals surface area contributed by atoms with Crippen molar-refractivity contribution < 1.29 is 4.52 Å². The molecule has 0 unspecified atom stereocenters. The van der Waals surface area contributed by atoms with E-state index in [1.807, 2.05) is 42.2 Å². The fourth-order valence-electron chi connectivity index (χ4n) is 1.87. The van der Waals surface area contributed by atoms with E-state index >= 15 is 0 Å². The van der Waals surface area contributed by atoms with Crippen LogP contribution in [0, 0.1) is 6.92 Å². The molecule has 2 heterocycles. The summed E-state index contributed by atoms with van der Waals surface area (Å²) in [6.07, 6.45) is 5.55. The minimum absolute atomic E-state index is 0.807. The number of benzene rings is 1. The van der Waals surface area contributed by atoms with Crippen molar-refractivity contribution in [2.45, 2.75) is 13.5 Å². The van der Waals surface area contributed by atoms with Crippen LogP contribution in [0.1, 0.15) is 11.3 Å². The van der Waals surface area contributed by atoms with Crippen LogP contribution < -0.4 is 0 Å². The Morgan fingerprint density at radius 2 is 2.06 bits per heavy atom. The molecule has 4 heteroatoms. The zero-order valence-corrected chi connectivity index (χ0v) is 10.1. The number of hydrogen-bond acceptors (Lipinski definition) is 3. The summed E-state index contributed by atoms with van der Waals surface area (Å²) in [4.78, 5) is 4.03. The number of aromatic nitrogens is 3. The average molecular weight is 239 g/mol. The Morgan fingerprint density at radius 3 is 2.67 bits per heavy atom. The minimum atomic E-state index is 0.807. The van der Waals surface area contributed by atoms with Gasteiger partial charge in [-0.3, -0.25) is 0 Å². The molecule has 0 atom stereocenters. The average Bonchev–Trinajstić information content (AvgIpc) is 3.02. The molecule has 0 saturated carbocycles. The summed E-state index contributed by atoms with van der Waals surface area (Å²) in [6.45, 7) is 2.75. The SMILES string of the molecule is Cc1cc(-c2ccc(Cn3ccnc3)cc2)on1. The molecule has 0 spiro atoms. The molecular formula is C14H13N3O. The maximum Gasteiger partial charge on any atom is 0.167 e. The number of rotatable bonds is 3. The fraction of sp³-hybridized carbons (Fsp3) is 0.143. The first-order chi connectivity index (χ1) is 8.81. The molecule has 90 valence electrons. The van der Waals surface area contributed by atoms with Crippen molar-refractivity contribution in [3.8, 4) is 11.3 Å². The van der Waals surface area contributed by atoms with Gasteiger partial charge in [0.2, 0.25) is 0 Å². The normalized spacial score (nSPS) is 10.7. The first kappa shape index (κ1) is 10.8. The number of hydrogen-bond donors (Lipinski definition) is 0. The largest absolute Gasteiger partial charge is 0.356 e. The first-order valence-electron chi connectivity index (χ1n) is 5.79. The molecule has 1 aromatic carbocycles.